The van der Waals surface area contributed by atoms with Crippen molar-refractivity contribution in [1.82, 2.24) is 0 Å². The minimum absolute atomic E-state index is 0.202. The van der Waals surface area contributed by atoms with Gasteiger partial charge in [-0.15, -0.1) is 0 Å². The normalized spacial score (nSPS) is 12.7. The quantitative estimate of drug-likeness (QED) is 0.0300. The standard InChI is InChI=1S/C37H69O8P/c1-3-5-7-9-11-13-15-17-19-21-23-25-27-29-31-36(38)43-33-35(34-44-46(40,41)42)45-37(39)32-30-28-26-24-22-20-18-16-14-12-10-8-6-4-2/h15-18,35H,3-14,19-34H2,1-2H3,(H2,40,41,42)/b17-15+,18-16+/t35-/m1/s1. The minimum atomic E-state index is -4.75. The lowest BCUT2D eigenvalue weighted by molar-refractivity contribution is -0.161. The molecule has 0 aliphatic carbocycles. The number of esters is 2. The van der Waals surface area contributed by atoms with Gasteiger partial charge >= 0.3 is 19.8 Å². The highest BCUT2D eigenvalue weighted by Crippen LogP contribution is 2.36. The Balaban J connectivity index is 3.99. The zero-order chi connectivity index (χ0) is 34.0. The minimum Gasteiger partial charge on any atom is -0.462 e. The summed E-state index contributed by atoms with van der Waals surface area (Å²) in [6.45, 7) is 3.64. The van der Waals surface area contributed by atoms with Crippen molar-refractivity contribution in [3.8, 4) is 0 Å². The Kier molecular flexibility index (Phi) is 32.4. The number of hydrogen-bond donors (Lipinski definition) is 2. The molecule has 0 fully saturated rings. The first-order chi connectivity index (χ1) is 22.3. The number of unbranched alkanes of at least 4 members (excludes halogenated alkanes) is 20. The van der Waals surface area contributed by atoms with Crippen LogP contribution in [0.1, 0.15) is 181 Å². The molecule has 2 N–H and O–H groups in total. The molecule has 0 aliphatic heterocycles. The second kappa shape index (κ2) is 33.4. The number of phosphoric ester groups is 1. The van der Waals surface area contributed by atoms with Crippen LogP contribution in [0.15, 0.2) is 24.3 Å². The van der Waals surface area contributed by atoms with E-state index in [1.807, 2.05) is 0 Å². The van der Waals surface area contributed by atoms with Gasteiger partial charge < -0.3 is 19.3 Å². The summed E-state index contributed by atoms with van der Waals surface area (Å²) in [5, 5.41) is 0. The van der Waals surface area contributed by atoms with Gasteiger partial charge in [-0.05, 0) is 64.2 Å². The Morgan fingerprint density at radius 2 is 0.913 bits per heavy atom. The van der Waals surface area contributed by atoms with E-state index in [1.54, 1.807) is 0 Å². The summed E-state index contributed by atoms with van der Waals surface area (Å²) in [6, 6.07) is 0. The van der Waals surface area contributed by atoms with E-state index in [9.17, 15) is 14.2 Å². The largest absolute Gasteiger partial charge is 0.469 e. The van der Waals surface area contributed by atoms with Crippen LogP contribution in [0.5, 0.6) is 0 Å². The first kappa shape index (κ1) is 44.5. The Hall–Kier alpha value is -1.47. The third-order valence-corrected chi connectivity index (χ3v) is 8.43. The lowest BCUT2D eigenvalue weighted by atomic mass is 10.1. The van der Waals surface area contributed by atoms with Gasteiger partial charge in [-0.1, -0.05) is 128 Å². The summed E-state index contributed by atoms with van der Waals surface area (Å²) >= 11 is 0. The number of hydrogen-bond acceptors (Lipinski definition) is 6. The maximum Gasteiger partial charge on any atom is 0.469 e. The van der Waals surface area contributed by atoms with Gasteiger partial charge in [0.05, 0.1) is 6.61 Å². The lowest BCUT2D eigenvalue weighted by Crippen LogP contribution is -2.29. The molecule has 0 aromatic rings. The second-order valence-electron chi connectivity index (χ2n) is 12.5. The van der Waals surface area contributed by atoms with E-state index in [-0.39, 0.29) is 19.4 Å². The smallest absolute Gasteiger partial charge is 0.462 e. The number of rotatable bonds is 34. The monoisotopic (exact) mass is 672 g/mol. The SMILES string of the molecule is CCCCCCC/C=C/CCCCCCCC(=O)OC[C@H](COP(=O)(O)O)OC(=O)CCCCCCC/C=C/CCCCCCC. The molecule has 0 saturated heterocycles. The van der Waals surface area contributed by atoms with Crippen molar-refractivity contribution < 1.29 is 37.9 Å². The van der Waals surface area contributed by atoms with Crippen molar-refractivity contribution in [2.75, 3.05) is 13.2 Å². The fourth-order valence-electron chi connectivity index (χ4n) is 5.13. The molecule has 0 unspecified atom stereocenters. The summed E-state index contributed by atoms with van der Waals surface area (Å²) in [6.07, 6.45) is 36.1. The number of carbonyl (C=O) groups excluding carboxylic acids is 2. The topological polar surface area (TPSA) is 119 Å². The van der Waals surface area contributed by atoms with E-state index in [0.29, 0.717) is 12.8 Å². The van der Waals surface area contributed by atoms with Crippen molar-refractivity contribution in [3.05, 3.63) is 24.3 Å². The predicted octanol–water partition coefficient (Wildman–Crippen LogP) is 10.8. The van der Waals surface area contributed by atoms with Crippen LogP contribution in [0.3, 0.4) is 0 Å². The highest BCUT2D eigenvalue weighted by Gasteiger charge is 2.22. The molecule has 0 aromatic heterocycles. The maximum atomic E-state index is 12.3. The fourth-order valence-corrected chi connectivity index (χ4v) is 5.49. The second-order valence-corrected chi connectivity index (χ2v) is 13.8. The average Bonchev–Trinajstić information content (AvgIpc) is 3.02. The summed E-state index contributed by atoms with van der Waals surface area (Å²) in [7, 11) is -4.75. The molecule has 0 saturated carbocycles. The number of ether oxygens (including phenoxy) is 2. The molecule has 0 rings (SSSR count). The van der Waals surface area contributed by atoms with E-state index < -0.39 is 32.5 Å². The van der Waals surface area contributed by atoms with Crippen LogP contribution in [-0.4, -0.2) is 41.0 Å². The van der Waals surface area contributed by atoms with Crippen molar-refractivity contribution in [1.29, 1.82) is 0 Å². The number of phosphoric acid groups is 1. The molecule has 0 aromatic carbocycles. The Labute approximate surface area is 281 Å². The van der Waals surface area contributed by atoms with Gasteiger partial charge in [0.1, 0.15) is 6.61 Å². The van der Waals surface area contributed by atoms with E-state index in [1.165, 1.54) is 77.0 Å². The average molecular weight is 673 g/mol. The molecule has 270 valence electrons. The lowest BCUT2D eigenvalue weighted by Gasteiger charge is -2.18. The molecule has 0 radical (unpaired) electrons. The fraction of sp³-hybridized carbons (Fsp3) is 0.838. The number of allylic oxidation sites excluding steroid dienone is 4. The van der Waals surface area contributed by atoms with Crippen molar-refractivity contribution >= 4 is 19.8 Å². The van der Waals surface area contributed by atoms with Gasteiger partial charge in [0.2, 0.25) is 0 Å². The molecule has 8 nitrogen and oxygen atoms in total. The number of carbonyl (C=O) groups is 2. The molecule has 0 spiro atoms. The molecule has 9 heteroatoms. The molecule has 0 bridgehead atoms. The zero-order valence-electron chi connectivity index (χ0n) is 29.5. The molecular weight excluding hydrogens is 603 g/mol. The molecule has 0 aliphatic rings. The predicted molar refractivity (Wildman–Crippen MR) is 189 cm³/mol. The first-order valence-electron chi connectivity index (χ1n) is 18.6. The molecule has 0 amide bonds. The van der Waals surface area contributed by atoms with E-state index in [2.05, 4.69) is 42.7 Å². The van der Waals surface area contributed by atoms with Crippen molar-refractivity contribution in [3.63, 3.8) is 0 Å². The van der Waals surface area contributed by atoms with Crippen LogP contribution in [0, 0.1) is 0 Å². The van der Waals surface area contributed by atoms with Crippen LogP contribution in [0.25, 0.3) is 0 Å². The first-order valence-corrected chi connectivity index (χ1v) is 20.2. The summed E-state index contributed by atoms with van der Waals surface area (Å²) < 4.78 is 26.3. The molecule has 1 atom stereocenters. The maximum absolute atomic E-state index is 12.3. The van der Waals surface area contributed by atoms with Gasteiger partial charge in [-0.3, -0.25) is 14.1 Å². The van der Waals surface area contributed by atoms with E-state index in [4.69, 9.17) is 19.3 Å². The van der Waals surface area contributed by atoms with Gasteiger partial charge in [-0.2, -0.15) is 0 Å². The summed E-state index contributed by atoms with van der Waals surface area (Å²) in [4.78, 5) is 42.6. The van der Waals surface area contributed by atoms with Crippen LogP contribution in [-0.2, 0) is 28.2 Å². The van der Waals surface area contributed by atoms with E-state index in [0.717, 1.165) is 64.2 Å². The molecular formula is C37H69O8P. The highest BCUT2D eigenvalue weighted by atomic mass is 31.2. The highest BCUT2D eigenvalue weighted by molar-refractivity contribution is 7.46. The summed E-state index contributed by atoms with van der Waals surface area (Å²) in [5.41, 5.74) is 0. The Morgan fingerprint density at radius 3 is 1.33 bits per heavy atom. The molecule has 0 heterocycles. The third-order valence-electron chi connectivity index (χ3n) is 7.94. The van der Waals surface area contributed by atoms with Crippen LogP contribution < -0.4 is 0 Å². The van der Waals surface area contributed by atoms with E-state index >= 15 is 0 Å². The van der Waals surface area contributed by atoms with Gasteiger partial charge in [0, 0.05) is 12.8 Å². The van der Waals surface area contributed by atoms with Gasteiger partial charge in [0.15, 0.2) is 6.10 Å². The van der Waals surface area contributed by atoms with Crippen molar-refractivity contribution in [2.24, 2.45) is 0 Å². The van der Waals surface area contributed by atoms with Crippen LogP contribution in [0.4, 0.5) is 0 Å². The molecule has 46 heavy (non-hydrogen) atoms. The van der Waals surface area contributed by atoms with Crippen LogP contribution >= 0.6 is 7.82 Å². The Morgan fingerprint density at radius 1 is 0.543 bits per heavy atom. The van der Waals surface area contributed by atoms with Gasteiger partial charge in [0.25, 0.3) is 0 Å². The van der Waals surface area contributed by atoms with Gasteiger partial charge in [-0.25, -0.2) is 4.57 Å². The summed E-state index contributed by atoms with van der Waals surface area (Å²) in [5.74, 6) is -0.903. The Bertz CT molecular complexity index is 807. The third kappa shape index (κ3) is 35.4. The zero-order valence-corrected chi connectivity index (χ0v) is 30.4. The van der Waals surface area contributed by atoms with Crippen LogP contribution in [0.2, 0.25) is 0 Å². The van der Waals surface area contributed by atoms with Crippen molar-refractivity contribution in [2.45, 2.75) is 187 Å².